The summed E-state index contributed by atoms with van der Waals surface area (Å²) in [4.78, 5) is 11.4. The van der Waals surface area contributed by atoms with Crippen molar-refractivity contribution in [2.24, 2.45) is 0 Å². The first-order chi connectivity index (χ1) is 7.45. The first kappa shape index (κ1) is 13.9. The van der Waals surface area contributed by atoms with E-state index < -0.39 is 23.4 Å². The third-order valence-corrected chi connectivity index (χ3v) is 2.39. The molecule has 17 heavy (non-hydrogen) atoms. The van der Waals surface area contributed by atoms with Gasteiger partial charge in [0, 0.05) is 12.8 Å². The van der Waals surface area contributed by atoms with Gasteiger partial charge >= 0.3 is 12.3 Å². The van der Waals surface area contributed by atoms with Gasteiger partial charge in [0.05, 0.1) is 0 Å². The molecular weight excluding hydrogens is 235 g/mol. The summed E-state index contributed by atoms with van der Waals surface area (Å²) in [6, 6.07) is 0. The van der Waals surface area contributed by atoms with Gasteiger partial charge in [-0.05, 0) is 20.8 Å². The molecule has 1 N–H and O–H groups in total. The largest absolute Gasteiger partial charge is 0.444 e. The molecule has 0 bridgehead atoms. The molecule has 1 amide bonds. The van der Waals surface area contributed by atoms with Crippen molar-refractivity contribution < 1.29 is 22.7 Å². The second kappa shape index (κ2) is 3.92. The van der Waals surface area contributed by atoms with Crippen LogP contribution in [0, 0.1) is 0 Å². The van der Waals surface area contributed by atoms with E-state index in [4.69, 9.17) is 4.74 Å². The Labute approximate surface area is 98.0 Å². The summed E-state index contributed by atoms with van der Waals surface area (Å²) in [7, 11) is 0. The predicted octanol–water partition coefficient (Wildman–Crippen LogP) is 3.16. The minimum atomic E-state index is -4.49. The van der Waals surface area contributed by atoms with E-state index in [2.05, 4.69) is 6.58 Å². The molecule has 0 atom stereocenters. The van der Waals surface area contributed by atoms with Crippen molar-refractivity contribution in [1.29, 1.82) is 0 Å². The van der Waals surface area contributed by atoms with Gasteiger partial charge in [0.2, 0.25) is 0 Å². The number of ether oxygens (including phenoxy) is 1. The van der Waals surface area contributed by atoms with Crippen LogP contribution < -0.4 is 5.32 Å². The normalized spacial score (nSPS) is 19.5. The van der Waals surface area contributed by atoms with Gasteiger partial charge in [0.15, 0.2) is 0 Å². The standard InChI is InChI=1S/C11H16F3NO2/c1-7-5-10(6-7,11(12,13)14)15-8(16)17-9(2,3)4/h1,5-6H2,2-4H3,(H,15,16). The molecule has 0 heterocycles. The van der Waals surface area contributed by atoms with Crippen molar-refractivity contribution in [3.63, 3.8) is 0 Å². The molecule has 0 aromatic heterocycles. The summed E-state index contributed by atoms with van der Waals surface area (Å²) in [6.07, 6.45) is -6.11. The minimum Gasteiger partial charge on any atom is -0.444 e. The van der Waals surface area contributed by atoms with Crippen molar-refractivity contribution >= 4 is 6.09 Å². The molecule has 1 rings (SSSR count). The molecule has 0 aromatic rings. The van der Waals surface area contributed by atoms with Crippen LogP contribution >= 0.6 is 0 Å². The number of amides is 1. The highest BCUT2D eigenvalue weighted by Crippen LogP contribution is 2.47. The average molecular weight is 251 g/mol. The predicted molar refractivity (Wildman–Crippen MR) is 56.5 cm³/mol. The van der Waals surface area contributed by atoms with Gasteiger partial charge in [-0.2, -0.15) is 13.2 Å². The maximum Gasteiger partial charge on any atom is 0.412 e. The molecule has 1 aliphatic carbocycles. The zero-order valence-corrected chi connectivity index (χ0v) is 10.1. The van der Waals surface area contributed by atoms with Crippen LogP contribution in [-0.4, -0.2) is 23.4 Å². The summed E-state index contributed by atoms with van der Waals surface area (Å²) < 4.78 is 43.3. The minimum absolute atomic E-state index is 0.282. The van der Waals surface area contributed by atoms with Gasteiger partial charge in [-0.1, -0.05) is 12.2 Å². The molecule has 98 valence electrons. The summed E-state index contributed by atoms with van der Waals surface area (Å²) in [5.74, 6) is 0. The van der Waals surface area contributed by atoms with Crippen LogP contribution in [-0.2, 0) is 4.74 Å². The molecule has 0 radical (unpaired) electrons. The van der Waals surface area contributed by atoms with Gasteiger partial charge in [-0.25, -0.2) is 4.79 Å². The number of halogens is 3. The van der Waals surface area contributed by atoms with Crippen LogP contribution in [0.3, 0.4) is 0 Å². The number of alkyl halides is 3. The molecule has 3 nitrogen and oxygen atoms in total. The van der Waals surface area contributed by atoms with Crippen molar-refractivity contribution in [2.45, 2.75) is 50.9 Å². The molecule has 1 aliphatic rings. The third kappa shape index (κ3) is 3.14. The van der Waals surface area contributed by atoms with Gasteiger partial charge in [0.1, 0.15) is 11.1 Å². The first-order valence-corrected chi connectivity index (χ1v) is 5.20. The molecular formula is C11H16F3NO2. The lowest BCUT2D eigenvalue weighted by Crippen LogP contribution is -2.64. The van der Waals surface area contributed by atoms with Crippen molar-refractivity contribution in [3.8, 4) is 0 Å². The van der Waals surface area contributed by atoms with Crippen LogP contribution in [0.5, 0.6) is 0 Å². The van der Waals surface area contributed by atoms with Crippen LogP contribution in [0.15, 0.2) is 12.2 Å². The molecule has 1 fully saturated rings. The van der Waals surface area contributed by atoms with Gasteiger partial charge in [0.25, 0.3) is 0 Å². The number of carbonyl (C=O) groups excluding carboxylic acids is 1. The Balaban J connectivity index is 2.70. The average Bonchev–Trinajstić information content (AvgIpc) is 1.94. The summed E-state index contributed by atoms with van der Waals surface area (Å²) in [6.45, 7) is 8.23. The maximum atomic E-state index is 12.8. The van der Waals surface area contributed by atoms with E-state index in [-0.39, 0.29) is 12.8 Å². The van der Waals surface area contributed by atoms with Crippen molar-refractivity contribution in [1.82, 2.24) is 5.32 Å². The van der Waals surface area contributed by atoms with Gasteiger partial charge in [-0.3, -0.25) is 0 Å². The van der Waals surface area contributed by atoms with Crippen LogP contribution in [0.4, 0.5) is 18.0 Å². The van der Waals surface area contributed by atoms with E-state index in [0.717, 1.165) is 0 Å². The Bertz CT molecular complexity index is 334. The fourth-order valence-corrected chi connectivity index (χ4v) is 1.66. The highest BCUT2D eigenvalue weighted by atomic mass is 19.4. The Morgan fingerprint density at radius 1 is 1.35 bits per heavy atom. The Hall–Kier alpha value is -1.20. The monoisotopic (exact) mass is 251 g/mol. The lowest BCUT2D eigenvalue weighted by Gasteiger charge is -2.44. The van der Waals surface area contributed by atoms with E-state index >= 15 is 0 Å². The van der Waals surface area contributed by atoms with Crippen molar-refractivity contribution in [2.75, 3.05) is 0 Å². The lowest BCUT2D eigenvalue weighted by atomic mass is 9.73. The van der Waals surface area contributed by atoms with E-state index in [1.807, 2.05) is 5.32 Å². The fraction of sp³-hybridized carbons (Fsp3) is 0.727. The second-order valence-corrected chi connectivity index (χ2v) is 5.31. The number of nitrogens with one attached hydrogen (secondary N) is 1. The highest BCUT2D eigenvalue weighted by Gasteiger charge is 2.61. The molecule has 0 spiro atoms. The summed E-state index contributed by atoms with van der Waals surface area (Å²) >= 11 is 0. The second-order valence-electron chi connectivity index (χ2n) is 5.31. The van der Waals surface area contributed by atoms with Crippen molar-refractivity contribution in [3.05, 3.63) is 12.2 Å². The Morgan fingerprint density at radius 3 is 2.12 bits per heavy atom. The number of hydrogen-bond acceptors (Lipinski definition) is 2. The van der Waals surface area contributed by atoms with E-state index in [1.54, 1.807) is 20.8 Å². The number of alkyl carbamates (subject to hydrolysis) is 1. The van der Waals surface area contributed by atoms with Crippen LogP contribution in [0.2, 0.25) is 0 Å². The zero-order valence-electron chi connectivity index (χ0n) is 10.1. The molecule has 0 saturated heterocycles. The van der Waals surface area contributed by atoms with E-state index in [9.17, 15) is 18.0 Å². The molecule has 0 aromatic carbocycles. The SMILES string of the molecule is C=C1CC(NC(=O)OC(C)(C)C)(C(F)(F)F)C1. The quantitative estimate of drug-likeness (QED) is 0.727. The first-order valence-electron chi connectivity index (χ1n) is 5.20. The molecule has 1 saturated carbocycles. The van der Waals surface area contributed by atoms with Gasteiger partial charge in [-0.15, -0.1) is 0 Å². The summed E-state index contributed by atoms with van der Waals surface area (Å²) in [5, 5.41) is 1.91. The lowest BCUT2D eigenvalue weighted by molar-refractivity contribution is -0.206. The molecule has 0 unspecified atom stereocenters. The topological polar surface area (TPSA) is 38.3 Å². The number of hydrogen-bond donors (Lipinski definition) is 1. The smallest absolute Gasteiger partial charge is 0.412 e. The van der Waals surface area contributed by atoms with Gasteiger partial charge < -0.3 is 10.1 Å². The van der Waals surface area contributed by atoms with E-state index in [0.29, 0.717) is 5.57 Å². The molecule has 6 heteroatoms. The fourth-order valence-electron chi connectivity index (χ4n) is 1.66. The molecule has 0 aliphatic heterocycles. The third-order valence-electron chi connectivity index (χ3n) is 2.39. The number of rotatable bonds is 1. The highest BCUT2D eigenvalue weighted by molar-refractivity contribution is 5.69. The van der Waals surface area contributed by atoms with Crippen LogP contribution in [0.1, 0.15) is 33.6 Å². The Morgan fingerprint density at radius 2 is 1.82 bits per heavy atom. The zero-order chi connectivity index (χ0) is 13.5. The van der Waals surface area contributed by atoms with E-state index in [1.165, 1.54) is 0 Å². The Kier molecular flexibility index (Phi) is 3.20. The van der Waals surface area contributed by atoms with Crippen LogP contribution in [0.25, 0.3) is 0 Å². The summed E-state index contributed by atoms with van der Waals surface area (Å²) in [5.41, 5.74) is -2.55. The maximum absolute atomic E-state index is 12.8. The number of carbonyl (C=O) groups is 1.